The molecule has 1 aromatic heterocycles. The number of thioether (sulfide) groups is 1. The van der Waals surface area contributed by atoms with Crippen molar-refractivity contribution in [2.45, 2.75) is 54.5 Å². The van der Waals surface area contributed by atoms with Gasteiger partial charge in [0.05, 0.1) is 15.6 Å². The molecule has 0 radical (unpaired) electrons. The van der Waals surface area contributed by atoms with E-state index in [-0.39, 0.29) is 27.9 Å². The molecular weight excluding hydrogens is 460 g/mol. The highest BCUT2D eigenvalue weighted by Crippen LogP contribution is 2.32. The van der Waals surface area contributed by atoms with Crippen molar-refractivity contribution in [3.63, 3.8) is 0 Å². The molecular formula is C19H27ClN6O3S2. The molecule has 1 aliphatic carbocycles. The first-order valence-electron chi connectivity index (χ1n) is 10.0. The van der Waals surface area contributed by atoms with E-state index in [9.17, 15) is 13.2 Å². The molecule has 9 nitrogen and oxygen atoms in total. The number of rotatable bonds is 8. The molecule has 0 atom stereocenters. The van der Waals surface area contributed by atoms with Crippen LogP contribution in [0.3, 0.4) is 0 Å². The molecule has 0 unspecified atom stereocenters. The number of hydrogen-bond acceptors (Lipinski definition) is 7. The number of carbonyl (C=O) groups is 1. The number of nitrogen functional groups attached to an aromatic ring is 1. The lowest BCUT2D eigenvalue weighted by molar-refractivity contribution is -0.115. The highest BCUT2D eigenvalue weighted by atomic mass is 35.5. The Labute approximate surface area is 191 Å². The summed E-state index contributed by atoms with van der Waals surface area (Å²) in [5.74, 6) is 7.47. The first kappa shape index (κ1) is 23.8. The first-order valence-corrected chi connectivity index (χ1v) is 12.9. The van der Waals surface area contributed by atoms with Gasteiger partial charge in [-0.2, -0.15) is 0 Å². The zero-order chi connectivity index (χ0) is 22.6. The lowest BCUT2D eigenvalue weighted by Gasteiger charge is -2.20. The first-order chi connectivity index (χ1) is 14.7. The van der Waals surface area contributed by atoms with Crippen LogP contribution in [0.5, 0.6) is 0 Å². The van der Waals surface area contributed by atoms with Crippen LogP contribution in [-0.2, 0) is 14.8 Å². The minimum Gasteiger partial charge on any atom is -0.336 e. The minimum absolute atomic E-state index is 0.0538. The fourth-order valence-electron chi connectivity index (χ4n) is 3.45. The molecule has 1 amide bonds. The van der Waals surface area contributed by atoms with Gasteiger partial charge in [-0.25, -0.2) is 17.4 Å². The predicted molar refractivity (Wildman–Crippen MR) is 122 cm³/mol. The van der Waals surface area contributed by atoms with Gasteiger partial charge in [0, 0.05) is 32.2 Å². The molecule has 3 rings (SSSR count). The lowest BCUT2D eigenvalue weighted by atomic mass is 9.89. The van der Waals surface area contributed by atoms with Gasteiger partial charge < -0.3 is 11.2 Å². The van der Waals surface area contributed by atoms with E-state index >= 15 is 0 Å². The third kappa shape index (κ3) is 5.71. The van der Waals surface area contributed by atoms with E-state index in [0.717, 1.165) is 23.0 Å². The molecule has 3 N–H and O–H groups in total. The second-order valence-electron chi connectivity index (χ2n) is 7.62. The number of nitrogens with one attached hydrogen (secondary N) is 1. The summed E-state index contributed by atoms with van der Waals surface area (Å²) in [5, 5.41) is 11.9. The lowest BCUT2D eigenvalue weighted by Crippen LogP contribution is -2.22. The van der Waals surface area contributed by atoms with E-state index in [1.54, 1.807) is 0 Å². The molecule has 1 aromatic carbocycles. The van der Waals surface area contributed by atoms with Crippen molar-refractivity contribution >= 4 is 45.0 Å². The molecule has 31 heavy (non-hydrogen) atoms. The Morgan fingerprint density at radius 3 is 2.68 bits per heavy atom. The number of carbonyl (C=O) groups excluding carboxylic acids is 1. The smallest absolute Gasteiger partial charge is 0.242 e. The van der Waals surface area contributed by atoms with Gasteiger partial charge in [0.2, 0.25) is 21.1 Å². The Hall–Kier alpha value is -1.82. The minimum atomic E-state index is -3.63. The van der Waals surface area contributed by atoms with Gasteiger partial charge >= 0.3 is 0 Å². The standard InChI is InChI=1S/C19H27ClN6O3S2/c1-25(2)31(28,29)14-8-9-15(20)16(12-14)22-17(27)10-11-30-19-24-23-18(26(19)21)13-6-4-3-5-7-13/h8-9,12-13H,3-7,10-11,21H2,1-2H3,(H,22,27). The maximum absolute atomic E-state index is 12.4. The SMILES string of the molecule is CN(C)S(=O)(=O)c1ccc(Cl)c(NC(=O)CCSc2nnc(C3CCCCC3)n2N)c1. The van der Waals surface area contributed by atoms with Gasteiger partial charge in [0.25, 0.3) is 0 Å². The van der Waals surface area contributed by atoms with Crippen molar-refractivity contribution in [1.29, 1.82) is 0 Å². The molecule has 0 spiro atoms. The van der Waals surface area contributed by atoms with Gasteiger partial charge in [0.15, 0.2) is 5.82 Å². The highest BCUT2D eigenvalue weighted by Gasteiger charge is 2.23. The van der Waals surface area contributed by atoms with Crippen LogP contribution in [0.4, 0.5) is 5.69 Å². The van der Waals surface area contributed by atoms with Crippen molar-refractivity contribution in [3.8, 4) is 0 Å². The number of benzene rings is 1. The average molecular weight is 487 g/mol. The second-order valence-corrected chi connectivity index (χ2v) is 11.2. The maximum Gasteiger partial charge on any atom is 0.242 e. The summed E-state index contributed by atoms with van der Waals surface area (Å²) in [6, 6.07) is 4.21. The third-order valence-electron chi connectivity index (χ3n) is 5.21. The van der Waals surface area contributed by atoms with Crippen molar-refractivity contribution in [3.05, 3.63) is 29.0 Å². The molecule has 1 saturated carbocycles. The Bertz CT molecular complexity index is 1040. The van der Waals surface area contributed by atoms with Crippen molar-refractivity contribution < 1.29 is 13.2 Å². The summed E-state index contributed by atoms with van der Waals surface area (Å²) < 4.78 is 27.2. The van der Waals surface area contributed by atoms with Crippen LogP contribution in [0.1, 0.15) is 50.3 Å². The molecule has 0 aliphatic heterocycles. The Morgan fingerprint density at radius 2 is 2.00 bits per heavy atom. The van der Waals surface area contributed by atoms with Crippen LogP contribution in [0.15, 0.2) is 28.3 Å². The Morgan fingerprint density at radius 1 is 1.29 bits per heavy atom. The number of halogens is 1. The number of amides is 1. The number of sulfonamides is 1. The number of aromatic nitrogens is 3. The van der Waals surface area contributed by atoms with E-state index < -0.39 is 10.0 Å². The van der Waals surface area contributed by atoms with Crippen LogP contribution in [0.25, 0.3) is 0 Å². The topological polar surface area (TPSA) is 123 Å². The average Bonchev–Trinajstić information content (AvgIpc) is 3.10. The monoisotopic (exact) mass is 486 g/mol. The maximum atomic E-state index is 12.4. The Kier molecular flexibility index (Phi) is 7.84. The molecule has 0 saturated heterocycles. The van der Waals surface area contributed by atoms with E-state index in [0.29, 0.717) is 16.8 Å². The third-order valence-corrected chi connectivity index (χ3v) is 8.30. The molecule has 0 bridgehead atoms. The fraction of sp³-hybridized carbons (Fsp3) is 0.526. The largest absolute Gasteiger partial charge is 0.336 e. The molecule has 1 fully saturated rings. The summed E-state index contributed by atoms with van der Waals surface area (Å²) in [6.07, 6.45) is 5.94. The van der Waals surface area contributed by atoms with Crippen LogP contribution >= 0.6 is 23.4 Å². The number of nitrogens with two attached hydrogens (primary N) is 1. The quantitative estimate of drug-likeness (QED) is 0.434. The molecule has 1 aliphatic rings. The molecule has 170 valence electrons. The van der Waals surface area contributed by atoms with E-state index in [2.05, 4.69) is 15.5 Å². The van der Waals surface area contributed by atoms with E-state index in [1.165, 1.54) is 68.0 Å². The molecule has 2 aromatic rings. The number of anilines is 1. The zero-order valence-electron chi connectivity index (χ0n) is 17.5. The van der Waals surface area contributed by atoms with E-state index in [4.69, 9.17) is 17.4 Å². The number of nitrogens with zero attached hydrogens (tertiary/aromatic N) is 4. The van der Waals surface area contributed by atoms with Crippen molar-refractivity contribution in [2.75, 3.05) is 31.0 Å². The van der Waals surface area contributed by atoms with Gasteiger partial charge in [-0.3, -0.25) is 4.79 Å². The van der Waals surface area contributed by atoms with E-state index in [1.807, 2.05) is 0 Å². The van der Waals surface area contributed by atoms with Crippen LogP contribution in [-0.4, -0.2) is 53.4 Å². The van der Waals surface area contributed by atoms with Gasteiger partial charge in [0.1, 0.15) is 0 Å². The van der Waals surface area contributed by atoms with Crippen LogP contribution in [0.2, 0.25) is 5.02 Å². The second kappa shape index (κ2) is 10.2. The fourth-order valence-corrected chi connectivity index (χ4v) is 5.34. The summed E-state index contributed by atoms with van der Waals surface area (Å²) in [6.45, 7) is 0. The number of hydrogen-bond donors (Lipinski definition) is 2. The summed E-state index contributed by atoms with van der Waals surface area (Å²) in [4.78, 5) is 12.4. The summed E-state index contributed by atoms with van der Waals surface area (Å²) >= 11 is 7.48. The van der Waals surface area contributed by atoms with Gasteiger partial charge in [-0.1, -0.05) is 42.6 Å². The summed E-state index contributed by atoms with van der Waals surface area (Å²) in [5.41, 5.74) is 0.251. The summed E-state index contributed by atoms with van der Waals surface area (Å²) in [7, 11) is -0.750. The van der Waals surface area contributed by atoms with Crippen LogP contribution < -0.4 is 11.2 Å². The van der Waals surface area contributed by atoms with Crippen LogP contribution in [0, 0.1) is 0 Å². The molecule has 12 heteroatoms. The zero-order valence-corrected chi connectivity index (χ0v) is 19.9. The van der Waals surface area contributed by atoms with Crippen molar-refractivity contribution in [1.82, 2.24) is 19.2 Å². The van der Waals surface area contributed by atoms with Crippen molar-refractivity contribution in [2.24, 2.45) is 0 Å². The molecule has 1 heterocycles. The van der Waals surface area contributed by atoms with Gasteiger partial charge in [-0.15, -0.1) is 10.2 Å². The Balaban J connectivity index is 1.57. The normalized spacial score (nSPS) is 15.4. The highest BCUT2D eigenvalue weighted by molar-refractivity contribution is 7.99. The van der Waals surface area contributed by atoms with Gasteiger partial charge in [-0.05, 0) is 31.0 Å². The predicted octanol–water partition coefficient (Wildman–Crippen LogP) is 3.06.